The fourth-order valence-electron chi connectivity index (χ4n) is 10.00. The summed E-state index contributed by atoms with van der Waals surface area (Å²) in [6, 6.07) is 5.64. The lowest BCUT2D eigenvalue weighted by Gasteiger charge is -2.68. The number of aliphatic carboxylic acids is 1. The van der Waals surface area contributed by atoms with Gasteiger partial charge in [0.05, 0.1) is 27.8 Å². The average Bonchev–Trinajstić information content (AvgIpc) is 3.14. The van der Waals surface area contributed by atoms with Gasteiger partial charge in [-0.3, -0.25) is 19.3 Å². The van der Waals surface area contributed by atoms with Crippen LogP contribution in [-0.4, -0.2) is 31.3 Å². The monoisotopic (exact) mass is 554 g/mol. The van der Waals surface area contributed by atoms with Gasteiger partial charge in [-0.25, -0.2) is 13.6 Å². The van der Waals surface area contributed by atoms with Gasteiger partial charge in [-0.05, 0) is 92.4 Å². The van der Waals surface area contributed by atoms with E-state index in [1.807, 2.05) is 6.92 Å². The number of imide groups is 1. The lowest BCUT2D eigenvalue weighted by atomic mass is 9.34. The Kier molecular flexibility index (Phi) is 5.65. The second-order valence-corrected chi connectivity index (χ2v) is 15.1. The summed E-state index contributed by atoms with van der Waals surface area (Å²) in [6.45, 7) is 8.46. The predicted molar refractivity (Wildman–Crippen MR) is 145 cm³/mol. The number of amides is 2. The molecule has 210 valence electrons. The average molecular weight is 555 g/mol. The van der Waals surface area contributed by atoms with Crippen LogP contribution in [0.4, 0.5) is 5.69 Å². The molecular weight excluding hydrogens is 516 g/mol. The number of nitrogens with zero attached hydrogens (tertiary/aromatic N) is 1. The van der Waals surface area contributed by atoms with Crippen LogP contribution in [0.1, 0.15) is 66.2 Å². The van der Waals surface area contributed by atoms with E-state index in [0.717, 1.165) is 25.7 Å². The van der Waals surface area contributed by atoms with Crippen molar-refractivity contribution < 1.29 is 27.9 Å². The van der Waals surface area contributed by atoms with Gasteiger partial charge < -0.3 is 5.11 Å². The van der Waals surface area contributed by atoms with Crippen molar-refractivity contribution in [1.29, 1.82) is 0 Å². The normalized spacial score (nSPS) is 41.2. The zero-order valence-electron chi connectivity index (χ0n) is 23.0. The number of nitrogens with two attached hydrogens (primary N) is 1. The molecule has 39 heavy (non-hydrogen) atoms. The van der Waals surface area contributed by atoms with Gasteiger partial charge in [-0.15, -0.1) is 0 Å². The number of rotatable bonds is 4. The van der Waals surface area contributed by atoms with Crippen LogP contribution in [0.5, 0.6) is 0 Å². The second-order valence-electron chi connectivity index (χ2n) is 13.5. The fourth-order valence-corrected chi connectivity index (χ4v) is 10.5. The molecule has 7 rings (SSSR count). The molecule has 1 heterocycles. The molecule has 1 aromatic rings. The van der Waals surface area contributed by atoms with E-state index in [4.69, 9.17) is 5.14 Å². The molecule has 0 aromatic heterocycles. The SMILES string of the molecule is CC(C)C1=C[C@]23CC[C@H]4[C@](C)(CCC[C@@]4(C)C(=O)O)[C@@H]2C[C@@H]1[C@H]1C(=O)N(c2ccc(S(N)(=O)=O)cc2)C(=O)[C@H]13. The molecule has 3 saturated carbocycles. The minimum Gasteiger partial charge on any atom is -0.481 e. The molecule has 4 fully saturated rings. The molecule has 1 aliphatic heterocycles. The standard InChI is InChI=1S/C30H38N2O6S/c1-16(2)20-15-30-13-10-21-28(3,11-5-12-29(21,4)27(35)36)22(30)14-19(20)23-24(30)26(34)32(25(23)33)17-6-8-18(9-7-17)39(31,37)38/h6-9,15-16,19,21-24H,5,10-14H2,1-4H3,(H,35,36)(H2,31,37,38)/t19-,21-,22-,23+,24-,28-,29+,30+/m0/s1. The lowest BCUT2D eigenvalue weighted by Crippen LogP contribution is -2.65. The molecule has 1 saturated heterocycles. The van der Waals surface area contributed by atoms with Crippen molar-refractivity contribution in [3.8, 4) is 0 Å². The first kappa shape index (κ1) is 26.7. The Bertz CT molecular complexity index is 1420. The van der Waals surface area contributed by atoms with Crippen molar-refractivity contribution >= 4 is 33.5 Å². The number of primary sulfonamides is 1. The number of sulfonamides is 1. The van der Waals surface area contributed by atoms with E-state index in [0.29, 0.717) is 18.5 Å². The van der Waals surface area contributed by atoms with Gasteiger partial charge in [-0.1, -0.05) is 38.8 Å². The Morgan fingerprint density at radius 1 is 1.05 bits per heavy atom. The third-order valence-electron chi connectivity index (χ3n) is 11.6. The van der Waals surface area contributed by atoms with Crippen LogP contribution < -0.4 is 10.0 Å². The van der Waals surface area contributed by atoms with E-state index < -0.39 is 38.7 Å². The molecule has 3 N–H and O–H groups in total. The van der Waals surface area contributed by atoms with Crippen LogP contribution in [-0.2, 0) is 24.4 Å². The van der Waals surface area contributed by atoms with E-state index in [-0.39, 0.29) is 45.8 Å². The maximum Gasteiger partial charge on any atom is 0.309 e. The van der Waals surface area contributed by atoms with E-state index in [2.05, 4.69) is 26.8 Å². The molecule has 0 radical (unpaired) electrons. The van der Waals surface area contributed by atoms with Gasteiger partial charge in [0, 0.05) is 5.41 Å². The summed E-state index contributed by atoms with van der Waals surface area (Å²) < 4.78 is 23.5. The van der Waals surface area contributed by atoms with Crippen molar-refractivity contribution in [3.63, 3.8) is 0 Å². The molecule has 6 aliphatic rings. The van der Waals surface area contributed by atoms with Gasteiger partial charge in [0.15, 0.2) is 0 Å². The van der Waals surface area contributed by atoms with E-state index in [9.17, 15) is 27.9 Å². The molecular formula is C30H38N2O6S. The summed E-state index contributed by atoms with van der Waals surface area (Å²) in [5.41, 5.74) is 0.0882. The van der Waals surface area contributed by atoms with Crippen LogP contribution in [0.2, 0.25) is 0 Å². The highest BCUT2D eigenvalue weighted by Crippen LogP contribution is 2.74. The number of hydrogen-bond donors (Lipinski definition) is 2. The number of carboxylic acids is 1. The quantitative estimate of drug-likeness (QED) is 0.420. The Labute approximate surface area is 230 Å². The summed E-state index contributed by atoms with van der Waals surface area (Å²) in [5.74, 6) is -1.80. The Morgan fingerprint density at radius 3 is 2.31 bits per heavy atom. The van der Waals surface area contributed by atoms with Crippen molar-refractivity contribution in [1.82, 2.24) is 0 Å². The highest BCUT2D eigenvalue weighted by Gasteiger charge is 2.73. The maximum atomic E-state index is 14.3. The predicted octanol–water partition coefficient (Wildman–Crippen LogP) is 4.35. The number of fused-ring (bicyclic) bond motifs is 1. The zero-order valence-corrected chi connectivity index (χ0v) is 23.8. The minimum atomic E-state index is -3.90. The van der Waals surface area contributed by atoms with E-state index in [1.165, 1.54) is 34.7 Å². The molecule has 8 nitrogen and oxygen atoms in total. The van der Waals surface area contributed by atoms with Gasteiger partial charge in [0.1, 0.15) is 0 Å². The van der Waals surface area contributed by atoms with Crippen molar-refractivity contribution in [2.75, 3.05) is 4.90 Å². The molecule has 8 atom stereocenters. The van der Waals surface area contributed by atoms with Gasteiger partial charge in [-0.2, -0.15) is 0 Å². The number of anilines is 1. The number of benzene rings is 1. The first-order chi connectivity index (χ1) is 18.2. The lowest BCUT2D eigenvalue weighted by molar-refractivity contribution is -0.194. The summed E-state index contributed by atoms with van der Waals surface area (Å²) in [5, 5.41) is 15.5. The Hall–Kier alpha value is -2.52. The summed E-state index contributed by atoms with van der Waals surface area (Å²) in [4.78, 5) is 42.1. The Morgan fingerprint density at radius 2 is 1.72 bits per heavy atom. The highest BCUT2D eigenvalue weighted by atomic mass is 32.2. The largest absolute Gasteiger partial charge is 0.481 e. The van der Waals surface area contributed by atoms with Crippen LogP contribution in [0.25, 0.3) is 0 Å². The third-order valence-corrected chi connectivity index (χ3v) is 12.5. The fraction of sp³-hybridized carbons (Fsp3) is 0.633. The molecule has 2 bridgehead atoms. The summed E-state index contributed by atoms with van der Waals surface area (Å²) in [6.07, 6.45) is 7.01. The molecule has 0 unspecified atom stereocenters. The van der Waals surface area contributed by atoms with Crippen LogP contribution in [0.3, 0.4) is 0 Å². The van der Waals surface area contributed by atoms with Crippen LogP contribution in [0.15, 0.2) is 40.8 Å². The van der Waals surface area contributed by atoms with Crippen LogP contribution in [0, 0.1) is 51.8 Å². The van der Waals surface area contributed by atoms with E-state index >= 15 is 0 Å². The molecule has 1 spiro atoms. The maximum absolute atomic E-state index is 14.3. The number of carbonyl (C=O) groups is 3. The van der Waals surface area contributed by atoms with Gasteiger partial charge in [0.25, 0.3) is 0 Å². The van der Waals surface area contributed by atoms with Gasteiger partial charge in [0.2, 0.25) is 21.8 Å². The van der Waals surface area contributed by atoms with E-state index in [1.54, 1.807) is 0 Å². The minimum absolute atomic E-state index is 0.0228. The first-order valence-corrected chi connectivity index (χ1v) is 15.7. The smallest absolute Gasteiger partial charge is 0.309 e. The number of carbonyl (C=O) groups excluding carboxylic acids is 2. The highest BCUT2D eigenvalue weighted by molar-refractivity contribution is 7.89. The van der Waals surface area contributed by atoms with Crippen molar-refractivity contribution in [2.45, 2.75) is 71.1 Å². The second kappa shape index (κ2) is 8.26. The van der Waals surface area contributed by atoms with Crippen LogP contribution >= 0.6 is 0 Å². The topological polar surface area (TPSA) is 135 Å². The number of allylic oxidation sites excluding steroid dienone is 2. The molecule has 1 aromatic carbocycles. The summed E-state index contributed by atoms with van der Waals surface area (Å²) in [7, 11) is -3.90. The molecule has 2 amide bonds. The summed E-state index contributed by atoms with van der Waals surface area (Å²) >= 11 is 0. The van der Waals surface area contributed by atoms with Crippen molar-refractivity contribution in [3.05, 3.63) is 35.9 Å². The molecule has 5 aliphatic carbocycles. The number of hydrogen-bond acceptors (Lipinski definition) is 5. The first-order valence-electron chi connectivity index (χ1n) is 14.1. The van der Waals surface area contributed by atoms with Gasteiger partial charge >= 0.3 is 5.97 Å². The zero-order chi connectivity index (χ0) is 28.3. The molecule has 9 heteroatoms. The number of carboxylic acid groups (broad SMARTS) is 1. The Balaban J connectivity index is 1.46. The van der Waals surface area contributed by atoms with Crippen molar-refractivity contribution in [2.24, 2.45) is 56.9 Å². The third kappa shape index (κ3) is 3.38.